The molecule has 0 radical (unpaired) electrons. The smallest absolute Gasteiger partial charge is 0.137 e. The van der Waals surface area contributed by atoms with Gasteiger partial charge in [-0.05, 0) is 70.8 Å². The molecule has 0 saturated heterocycles. The van der Waals surface area contributed by atoms with Crippen molar-refractivity contribution in [2.24, 2.45) is 0 Å². The van der Waals surface area contributed by atoms with Crippen LogP contribution in [0.5, 0.6) is 0 Å². The van der Waals surface area contributed by atoms with Crippen LogP contribution in [0.2, 0.25) is 0 Å². The first kappa shape index (κ1) is 22.8. The molecule has 0 N–H and O–H groups in total. The zero-order valence-corrected chi connectivity index (χ0v) is 24.0. The molecule has 0 fully saturated rings. The fraction of sp³-hybridized carbons (Fsp3) is 0.0769. The highest BCUT2D eigenvalue weighted by atomic mass is 32.1. The molecule has 10 rings (SSSR count). The molecule has 198 valence electrons. The average Bonchev–Trinajstić information content (AvgIpc) is 3.73. The number of benzene rings is 6. The monoisotopic (exact) mass is 555 g/mol. The van der Waals surface area contributed by atoms with Gasteiger partial charge in [0.1, 0.15) is 11.2 Å². The van der Waals surface area contributed by atoms with E-state index in [2.05, 4.69) is 134 Å². The third-order valence-corrected chi connectivity index (χ3v) is 10.7. The normalized spacial score (nSPS) is 14.1. The number of aromatic nitrogens is 1. The Bertz CT molecular complexity index is 2610. The summed E-state index contributed by atoms with van der Waals surface area (Å²) < 4.78 is 11.5. The van der Waals surface area contributed by atoms with Crippen molar-refractivity contribution in [1.29, 1.82) is 0 Å². The first-order valence-corrected chi connectivity index (χ1v) is 15.3. The first-order chi connectivity index (χ1) is 20.6. The van der Waals surface area contributed by atoms with E-state index >= 15 is 0 Å². The van der Waals surface area contributed by atoms with E-state index < -0.39 is 0 Å². The van der Waals surface area contributed by atoms with Crippen LogP contribution in [0.3, 0.4) is 0 Å². The van der Waals surface area contributed by atoms with Gasteiger partial charge in [-0.1, -0.05) is 80.6 Å². The largest absolute Gasteiger partial charge is 0.456 e. The minimum Gasteiger partial charge on any atom is -0.456 e. The highest BCUT2D eigenvalue weighted by Gasteiger charge is 2.36. The molecular weight excluding hydrogens is 531 g/mol. The van der Waals surface area contributed by atoms with E-state index in [9.17, 15) is 0 Å². The Morgan fingerprint density at radius 1 is 0.571 bits per heavy atom. The van der Waals surface area contributed by atoms with Crippen molar-refractivity contribution >= 4 is 75.3 Å². The number of rotatable bonds is 1. The zero-order chi connectivity index (χ0) is 27.7. The van der Waals surface area contributed by atoms with Crippen LogP contribution >= 0.6 is 11.3 Å². The summed E-state index contributed by atoms with van der Waals surface area (Å²) in [6.07, 6.45) is 0. The molecule has 1 aliphatic rings. The Morgan fingerprint density at radius 2 is 1.33 bits per heavy atom. The maximum absolute atomic E-state index is 6.41. The van der Waals surface area contributed by atoms with Crippen molar-refractivity contribution in [3.63, 3.8) is 0 Å². The van der Waals surface area contributed by atoms with Gasteiger partial charge in [0.15, 0.2) is 0 Å². The van der Waals surface area contributed by atoms with Crippen LogP contribution in [0.1, 0.15) is 25.0 Å². The zero-order valence-electron chi connectivity index (χ0n) is 23.2. The lowest BCUT2D eigenvalue weighted by molar-refractivity contribution is 0.661. The quantitative estimate of drug-likeness (QED) is 0.197. The Kier molecular flexibility index (Phi) is 4.18. The second-order valence-electron chi connectivity index (χ2n) is 12.1. The van der Waals surface area contributed by atoms with Crippen molar-refractivity contribution < 1.29 is 4.42 Å². The molecular formula is C39H25NOS. The van der Waals surface area contributed by atoms with Gasteiger partial charge in [-0.3, -0.25) is 0 Å². The van der Waals surface area contributed by atoms with E-state index in [1.807, 2.05) is 11.3 Å². The van der Waals surface area contributed by atoms with Gasteiger partial charge in [0.2, 0.25) is 0 Å². The van der Waals surface area contributed by atoms with E-state index in [0.29, 0.717) is 0 Å². The van der Waals surface area contributed by atoms with E-state index in [-0.39, 0.29) is 5.41 Å². The lowest BCUT2D eigenvalue weighted by Gasteiger charge is -2.21. The summed E-state index contributed by atoms with van der Waals surface area (Å²) in [5.41, 5.74) is 10.9. The number of nitrogens with zero attached hydrogens (tertiary/aromatic N) is 1. The molecule has 0 bridgehead atoms. The molecule has 0 atom stereocenters. The van der Waals surface area contributed by atoms with E-state index in [1.165, 1.54) is 75.3 Å². The van der Waals surface area contributed by atoms with Crippen LogP contribution in [0, 0.1) is 0 Å². The molecule has 3 heterocycles. The molecule has 6 aromatic carbocycles. The third kappa shape index (κ3) is 2.75. The van der Waals surface area contributed by atoms with Gasteiger partial charge in [-0.15, -0.1) is 11.3 Å². The third-order valence-electron chi connectivity index (χ3n) is 9.59. The van der Waals surface area contributed by atoms with Gasteiger partial charge in [0.25, 0.3) is 0 Å². The molecule has 0 unspecified atom stereocenters. The lowest BCUT2D eigenvalue weighted by atomic mass is 9.82. The predicted octanol–water partition coefficient (Wildman–Crippen LogP) is 11.4. The first-order valence-electron chi connectivity index (χ1n) is 14.5. The summed E-state index contributed by atoms with van der Waals surface area (Å²) in [7, 11) is 0. The highest BCUT2D eigenvalue weighted by molar-refractivity contribution is 7.25. The number of fused-ring (bicyclic) bond motifs is 13. The maximum atomic E-state index is 6.41. The Balaban J connectivity index is 1.40. The van der Waals surface area contributed by atoms with Crippen LogP contribution < -0.4 is 0 Å². The highest BCUT2D eigenvalue weighted by Crippen LogP contribution is 2.52. The SMILES string of the molecule is CC1(C)c2ccccc2-c2cc3c4ccc5oc6ccccc6c5c4n(-c4ccc5c(c4)sc4ccccc45)c3cc21. The van der Waals surface area contributed by atoms with Gasteiger partial charge >= 0.3 is 0 Å². The standard InChI is InChI=1S/C39H25NOS/c1-39(2)30-12-6-3-9-23(30)28-20-29-26-17-18-34-37(27-11-4-7-13-33(27)41-34)38(26)40(32(29)21-31(28)39)22-15-16-25-24-10-5-8-14-35(24)42-36(25)19-22/h3-21H,1-2H3. The fourth-order valence-electron chi connectivity index (χ4n) is 7.63. The molecule has 42 heavy (non-hydrogen) atoms. The molecule has 2 nitrogen and oxygen atoms in total. The molecule has 3 heteroatoms. The number of para-hydroxylation sites is 1. The Morgan fingerprint density at radius 3 is 2.26 bits per heavy atom. The van der Waals surface area contributed by atoms with Crippen molar-refractivity contribution in [1.82, 2.24) is 4.57 Å². The van der Waals surface area contributed by atoms with Gasteiger partial charge < -0.3 is 8.98 Å². The van der Waals surface area contributed by atoms with Gasteiger partial charge in [-0.25, -0.2) is 0 Å². The van der Waals surface area contributed by atoms with E-state index in [0.717, 1.165) is 16.6 Å². The maximum Gasteiger partial charge on any atom is 0.137 e. The lowest BCUT2D eigenvalue weighted by Crippen LogP contribution is -2.14. The molecule has 3 aromatic heterocycles. The molecule has 1 aliphatic carbocycles. The fourth-order valence-corrected chi connectivity index (χ4v) is 8.77. The Labute approximate surface area is 246 Å². The van der Waals surface area contributed by atoms with E-state index in [1.54, 1.807) is 0 Å². The number of furan rings is 1. The minimum atomic E-state index is -0.0749. The van der Waals surface area contributed by atoms with Gasteiger partial charge in [0.05, 0.1) is 16.4 Å². The Hall–Kier alpha value is -4.86. The van der Waals surface area contributed by atoms with Crippen molar-refractivity contribution in [3.05, 3.63) is 126 Å². The van der Waals surface area contributed by atoms with Crippen LogP contribution in [-0.2, 0) is 5.41 Å². The summed E-state index contributed by atoms with van der Waals surface area (Å²) in [4.78, 5) is 0. The molecule has 0 amide bonds. The minimum absolute atomic E-state index is 0.0749. The van der Waals surface area contributed by atoms with Crippen LogP contribution in [0.15, 0.2) is 120 Å². The second kappa shape index (κ2) is 7.70. The molecule has 9 aromatic rings. The number of hydrogen-bond acceptors (Lipinski definition) is 2. The topological polar surface area (TPSA) is 18.1 Å². The summed E-state index contributed by atoms with van der Waals surface area (Å²) in [6, 6.07) is 42.4. The summed E-state index contributed by atoms with van der Waals surface area (Å²) >= 11 is 1.87. The summed E-state index contributed by atoms with van der Waals surface area (Å²) in [5, 5.41) is 7.51. The van der Waals surface area contributed by atoms with Crippen molar-refractivity contribution in [3.8, 4) is 16.8 Å². The van der Waals surface area contributed by atoms with Gasteiger partial charge in [0, 0.05) is 47.4 Å². The summed E-state index contributed by atoms with van der Waals surface area (Å²) in [6.45, 7) is 4.73. The summed E-state index contributed by atoms with van der Waals surface area (Å²) in [5.74, 6) is 0. The molecule has 0 aliphatic heterocycles. The average molecular weight is 556 g/mol. The van der Waals surface area contributed by atoms with Crippen LogP contribution in [-0.4, -0.2) is 4.57 Å². The number of thiophene rings is 1. The van der Waals surface area contributed by atoms with Crippen molar-refractivity contribution in [2.45, 2.75) is 19.3 Å². The van der Waals surface area contributed by atoms with Crippen LogP contribution in [0.25, 0.3) is 80.7 Å². The molecule has 0 spiro atoms. The number of hydrogen-bond donors (Lipinski definition) is 0. The van der Waals surface area contributed by atoms with Crippen molar-refractivity contribution in [2.75, 3.05) is 0 Å². The molecule has 0 saturated carbocycles. The van der Waals surface area contributed by atoms with Gasteiger partial charge in [-0.2, -0.15) is 0 Å². The second-order valence-corrected chi connectivity index (χ2v) is 13.2. The predicted molar refractivity (Wildman–Crippen MR) is 179 cm³/mol. The van der Waals surface area contributed by atoms with Crippen LogP contribution in [0.4, 0.5) is 0 Å². The van der Waals surface area contributed by atoms with E-state index in [4.69, 9.17) is 4.42 Å².